The summed E-state index contributed by atoms with van der Waals surface area (Å²) in [6, 6.07) is 16.8. The Morgan fingerprint density at radius 3 is 2.57 bits per heavy atom. The highest BCUT2D eigenvalue weighted by Gasteiger charge is 2.31. The molecule has 1 fully saturated rings. The molecule has 0 amide bonds. The molecule has 2 aromatic carbocycles. The van der Waals surface area contributed by atoms with Crippen molar-refractivity contribution >= 4 is 11.6 Å². The maximum absolute atomic E-state index is 6.04. The zero-order valence-corrected chi connectivity index (χ0v) is 12.9. The summed E-state index contributed by atoms with van der Waals surface area (Å²) in [5.41, 5.74) is 2.56. The van der Waals surface area contributed by atoms with Gasteiger partial charge in [-0.1, -0.05) is 35.9 Å². The first-order valence-electron chi connectivity index (χ1n) is 7.38. The molecule has 0 bridgehead atoms. The number of halogens is 1. The fraction of sp³-hybridized carbons (Fsp3) is 0.333. The molecule has 0 aliphatic heterocycles. The van der Waals surface area contributed by atoms with E-state index in [4.69, 9.17) is 16.3 Å². The maximum atomic E-state index is 6.04. The van der Waals surface area contributed by atoms with Crippen LogP contribution in [-0.4, -0.2) is 7.11 Å². The number of nitrogens with one attached hydrogen (secondary N) is 1. The molecule has 0 aromatic heterocycles. The normalized spacial score (nSPS) is 15.7. The van der Waals surface area contributed by atoms with Gasteiger partial charge in [-0.2, -0.15) is 0 Å². The zero-order valence-electron chi connectivity index (χ0n) is 12.2. The summed E-state index contributed by atoms with van der Waals surface area (Å²) in [5.74, 6) is 1.65. The Morgan fingerprint density at radius 2 is 1.95 bits per heavy atom. The van der Waals surface area contributed by atoms with Crippen LogP contribution in [0.4, 0.5) is 0 Å². The minimum absolute atomic E-state index is 0.412. The molecule has 1 aliphatic rings. The van der Waals surface area contributed by atoms with Crippen LogP contribution in [0.15, 0.2) is 48.5 Å². The first-order chi connectivity index (χ1) is 10.3. The Kier molecular flexibility index (Phi) is 4.47. The van der Waals surface area contributed by atoms with Gasteiger partial charge in [0.15, 0.2) is 0 Å². The fourth-order valence-corrected chi connectivity index (χ4v) is 2.89. The van der Waals surface area contributed by atoms with Crippen LogP contribution in [0.1, 0.15) is 30.0 Å². The largest absolute Gasteiger partial charge is 0.497 e. The topological polar surface area (TPSA) is 21.3 Å². The molecule has 1 saturated carbocycles. The first-order valence-corrected chi connectivity index (χ1v) is 7.76. The van der Waals surface area contributed by atoms with Crippen molar-refractivity contribution in [2.45, 2.75) is 25.4 Å². The van der Waals surface area contributed by atoms with Crippen LogP contribution >= 0.6 is 11.6 Å². The predicted octanol–water partition coefficient (Wildman–Crippen LogP) is 4.59. The molecule has 1 aliphatic carbocycles. The van der Waals surface area contributed by atoms with Crippen LogP contribution in [0.2, 0.25) is 5.02 Å². The van der Waals surface area contributed by atoms with Crippen molar-refractivity contribution in [1.82, 2.24) is 5.32 Å². The molecule has 1 atom stereocenters. The van der Waals surface area contributed by atoms with Crippen LogP contribution in [-0.2, 0) is 6.54 Å². The van der Waals surface area contributed by atoms with Crippen LogP contribution in [0.5, 0.6) is 5.75 Å². The maximum Gasteiger partial charge on any atom is 0.118 e. The van der Waals surface area contributed by atoms with Gasteiger partial charge in [0, 0.05) is 17.6 Å². The average Bonchev–Trinajstić information content (AvgIpc) is 3.33. The van der Waals surface area contributed by atoms with Crippen molar-refractivity contribution in [2.24, 2.45) is 5.92 Å². The monoisotopic (exact) mass is 301 g/mol. The summed E-state index contributed by atoms with van der Waals surface area (Å²) in [7, 11) is 1.70. The lowest BCUT2D eigenvalue weighted by Crippen LogP contribution is -2.22. The second kappa shape index (κ2) is 6.50. The lowest BCUT2D eigenvalue weighted by Gasteiger charge is -2.19. The molecule has 0 radical (unpaired) electrons. The molecule has 110 valence electrons. The quantitative estimate of drug-likeness (QED) is 0.842. The van der Waals surface area contributed by atoms with Gasteiger partial charge in [0.2, 0.25) is 0 Å². The number of hydrogen-bond donors (Lipinski definition) is 1. The van der Waals surface area contributed by atoms with Gasteiger partial charge in [0.1, 0.15) is 5.75 Å². The minimum atomic E-state index is 0.412. The summed E-state index contributed by atoms with van der Waals surface area (Å²) in [4.78, 5) is 0. The van der Waals surface area contributed by atoms with Crippen molar-refractivity contribution in [3.8, 4) is 5.75 Å². The molecule has 0 spiro atoms. The Bertz CT molecular complexity index is 592. The van der Waals surface area contributed by atoms with E-state index in [-0.39, 0.29) is 0 Å². The molecule has 3 heteroatoms. The number of methoxy groups -OCH3 is 1. The van der Waals surface area contributed by atoms with Gasteiger partial charge in [-0.25, -0.2) is 0 Å². The van der Waals surface area contributed by atoms with Crippen LogP contribution in [0.25, 0.3) is 0 Å². The Balaban J connectivity index is 1.69. The smallest absolute Gasteiger partial charge is 0.118 e. The van der Waals surface area contributed by atoms with Crippen LogP contribution < -0.4 is 10.1 Å². The lowest BCUT2D eigenvalue weighted by molar-refractivity contribution is 0.413. The highest BCUT2D eigenvalue weighted by atomic mass is 35.5. The second-order valence-corrected chi connectivity index (χ2v) is 6.04. The number of hydrogen-bond acceptors (Lipinski definition) is 2. The molecule has 1 N–H and O–H groups in total. The third-order valence-corrected chi connectivity index (χ3v) is 4.22. The van der Waals surface area contributed by atoms with Gasteiger partial charge in [0.05, 0.1) is 7.11 Å². The molecule has 0 saturated heterocycles. The lowest BCUT2D eigenvalue weighted by atomic mass is 10.0. The molecule has 0 heterocycles. The van der Waals surface area contributed by atoms with E-state index >= 15 is 0 Å². The SMILES string of the molecule is COc1ccc(C(NCc2cccc(Cl)c2)C2CC2)cc1. The summed E-state index contributed by atoms with van der Waals surface area (Å²) in [5, 5.41) is 4.47. The summed E-state index contributed by atoms with van der Waals surface area (Å²) < 4.78 is 5.23. The van der Waals surface area contributed by atoms with Crippen LogP contribution in [0.3, 0.4) is 0 Å². The molecule has 1 unspecified atom stereocenters. The molecule has 3 rings (SSSR count). The first kappa shape index (κ1) is 14.4. The van der Waals surface area contributed by atoms with E-state index in [1.165, 1.54) is 24.0 Å². The molecule has 21 heavy (non-hydrogen) atoms. The number of benzene rings is 2. The minimum Gasteiger partial charge on any atom is -0.497 e. The molecule has 2 nitrogen and oxygen atoms in total. The standard InChI is InChI=1S/C18H20ClNO/c1-21-17-9-7-15(8-10-17)18(14-5-6-14)20-12-13-3-2-4-16(19)11-13/h2-4,7-11,14,18,20H,5-6,12H2,1H3. The average molecular weight is 302 g/mol. The fourth-order valence-electron chi connectivity index (χ4n) is 2.67. The predicted molar refractivity (Wildman–Crippen MR) is 86.8 cm³/mol. The Labute approximate surface area is 131 Å². The van der Waals surface area contributed by atoms with E-state index in [1.807, 2.05) is 30.3 Å². The van der Waals surface area contributed by atoms with Crippen LogP contribution in [0, 0.1) is 5.92 Å². The molecular weight excluding hydrogens is 282 g/mol. The highest BCUT2D eigenvalue weighted by Crippen LogP contribution is 2.41. The van der Waals surface area contributed by atoms with Gasteiger partial charge in [0.25, 0.3) is 0 Å². The van der Waals surface area contributed by atoms with Gasteiger partial charge >= 0.3 is 0 Å². The van der Waals surface area contributed by atoms with Crippen molar-refractivity contribution in [3.63, 3.8) is 0 Å². The van der Waals surface area contributed by atoms with Crippen molar-refractivity contribution in [3.05, 3.63) is 64.7 Å². The van der Waals surface area contributed by atoms with E-state index in [0.717, 1.165) is 23.2 Å². The van der Waals surface area contributed by atoms with Gasteiger partial charge in [-0.3, -0.25) is 0 Å². The summed E-state index contributed by atoms with van der Waals surface area (Å²) in [6.07, 6.45) is 2.61. The Morgan fingerprint density at radius 1 is 1.19 bits per heavy atom. The van der Waals surface area contributed by atoms with Gasteiger partial charge in [-0.05, 0) is 54.2 Å². The molecular formula is C18H20ClNO. The van der Waals surface area contributed by atoms with E-state index < -0.39 is 0 Å². The summed E-state index contributed by atoms with van der Waals surface area (Å²) >= 11 is 6.04. The van der Waals surface area contributed by atoms with Crippen molar-refractivity contribution in [1.29, 1.82) is 0 Å². The second-order valence-electron chi connectivity index (χ2n) is 5.60. The van der Waals surface area contributed by atoms with E-state index in [2.05, 4.69) is 23.5 Å². The number of ether oxygens (including phenoxy) is 1. The van der Waals surface area contributed by atoms with Gasteiger partial charge < -0.3 is 10.1 Å². The Hall–Kier alpha value is -1.51. The van der Waals surface area contributed by atoms with E-state index in [1.54, 1.807) is 7.11 Å². The zero-order chi connectivity index (χ0) is 14.7. The van der Waals surface area contributed by atoms with E-state index in [9.17, 15) is 0 Å². The van der Waals surface area contributed by atoms with Gasteiger partial charge in [-0.15, -0.1) is 0 Å². The highest BCUT2D eigenvalue weighted by molar-refractivity contribution is 6.30. The van der Waals surface area contributed by atoms with Crippen molar-refractivity contribution in [2.75, 3.05) is 7.11 Å². The molecule has 2 aromatic rings. The number of rotatable bonds is 6. The summed E-state index contributed by atoms with van der Waals surface area (Å²) in [6.45, 7) is 0.841. The third-order valence-electron chi connectivity index (χ3n) is 3.98. The van der Waals surface area contributed by atoms with Crippen molar-refractivity contribution < 1.29 is 4.74 Å². The van der Waals surface area contributed by atoms with E-state index in [0.29, 0.717) is 6.04 Å². The third kappa shape index (κ3) is 3.78.